The Labute approximate surface area is 93.1 Å². The maximum Gasteiger partial charge on any atom is 0.0618 e. The molecule has 0 spiro atoms. The highest BCUT2D eigenvalue weighted by Crippen LogP contribution is 2.08. The molecule has 0 amide bonds. The molecule has 1 N–H and O–H groups in total. The van der Waals surface area contributed by atoms with Crippen molar-refractivity contribution in [3.8, 4) is 0 Å². The summed E-state index contributed by atoms with van der Waals surface area (Å²) < 4.78 is 15.5. The fourth-order valence-corrected chi connectivity index (χ4v) is 2.20. The molecular weight excluding hydrogens is 231 g/mol. The summed E-state index contributed by atoms with van der Waals surface area (Å²) in [5, 5.41) is 3.25. The molecule has 6 heteroatoms. The SMILES string of the molecule is CS(C)(=O)=NC1CCNCC1.Cl.Cl. The van der Waals surface area contributed by atoms with Crippen molar-refractivity contribution in [3.05, 3.63) is 0 Å². The first kappa shape index (κ1) is 15.9. The number of rotatable bonds is 1. The van der Waals surface area contributed by atoms with E-state index in [4.69, 9.17) is 0 Å². The van der Waals surface area contributed by atoms with Crippen LogP contribution in [0.15, 0.2) is 4.36 Å². The van der Waals surface area contributed by atoms with Gasteiger partial charge in [-0.1, -0.05) is 0 Å². The first-order chi connectivity index (χ1) is 5.08. The van der Waals surface area contributed by atoms with Crippen molar-refractivity contribution in [1.82, 2.24) is 5.32 Å². The van der Waals surface area contributed by atoms with Gasteiger partial charge < -0.3 is 5.32 Å². The molecule has 0 atom stereocenters. The molecule has 0 aromatic rings. The lowest BCUT2D eigenvalue weighted by molar-refractivity contribution is 0.461. The molecule has 1 aliphatic heterocycles. The van der Waals surface area contributed by atoms with Gasteiger partial charge in [0, 0.05) is 22.2 Å². The molecule has 0 bridgehead atoms. The molecule has 1 saturated heterocycles. The topological polar surface area (TPSA) is 41.5 Å². The predicted molar refractivity (Wildman–Crippen MR) is 62.8 cm³/mol. The Morgan fingerprint density at radius 2 is 1.69 bits per heavy atom. The second kappa shape index (κ2) is 6.87. The lowest BCUT2D eigenvalue weighted by Gasteiger charge is -2.19. The Kier molecular flexibility index (Phi) is 8.43. The maximum atomic E-state index is 11.3. The van der Waals surface area contributed by atoms with Gasteiger partial charge in [0.25, 0.3) is 0 Å². The smallest absolute Gasteiger partial charge is 0.0618 e. The van der Waals surface area contributed by atoms with Gasteiger partial charge in [-0.2, -0.15) is 0 Å². The van der Waals surface area contributed by atoms with Gasteiger partial charge in [0.15, 0.2) is 0 Å². The summed E-state index contributed by atoms with van der Waals surface area (Å²) in [6.45, 7) is 2.04. The van der Waals surface area contributed by atoms with E-state index in [9.17, 15) is 4.21 Å². The summed E-state index contributed by atoms with van der Waals surface area (Å²) >= 11 is 0. The molecule has 0 aromatic heterocycles. The second-order valence-electron chi connectivity index (χ2n) is 3.27. The third kappa shape index (κ3) is 7.55. The van der Waals surface area contributed by atoms with Gasteiger partial charge in [0.2, 0.25) is 0 Å². The van der Waals surface area contributed by atoms with E-state index in [2.05, 4.69) is 9.68 Å². The minimum atomic E-state index is -1.88. The molecular formula is C7H18Cl2N2OS. The van der Waals surface area contributed by atoms with E-state index in [1.807, 2.05) is 0 Å². The van der Waals surface area contributed by atoms with Crippen LogP contribution in [0, 0.1) is 0 Å². The van der Waals surface area contributed by atoms with E-state index in [1.54, 1.807) is 12.5 Å². The van der Waals surface area contributed by atoms with Crippen LogP contribution in [0.2, 0.25) is 0 Å². The monoisotopic (exact) mass is 248 g/mol. The summed E-state index contributed by atoms with van der Waals surface area (Å²) in [5.74, 6) is 0. The van der Waals surface area contributed by atoms with Gasteiger partial charge in [-0.05, 0) is 25.9 Å². The number of nitrogens with zero attached hydrogens (tertiary/aromatic N) is 1. The van der Waals surface area contributed by atoms with Crippen molar-refractivity contribution in [2.45, 2.75) is 18.9 Å². The highest BCUT2D eigenvalue weighted by molar-refractivity contribution is 7.92. The normalized spacial score (nSPS) is 18.3. The van der Waals surface area contributed by atoms with Crippen molar-refractivity contribution >= 4 is 34.5 Å². The van der Waals surface area contributed by atoms with Crippen LogP contribution in [0.4, 0.5) is 0 Å². The van der Waals surface area contributed by atoms with Gasteiger partial charge in [-0.15, -0.1) is 24.8 Å². The number of hydrogen-bond donors (Lipinski definition) is 1. The van der Waals surface area contributed by atoms with Gasteiger partial charge in [0.1, 0.15) is 0 Å². The summed E-state index contributed by atoms with van der Waals surface area (Å²) in [4.78, 5) is 0. The number of nitrogens with one attached hydrogen (secondary N) is 1. The van der Waals surface area contributed by atoms with Gasteiger partial charge in [-0.3, -0.25) is 4.21 Å². The fraction of sp³-hybridized carbons (Fsp3) is 1.00. The Bertz CT molecular complexity index is 225. The first-order valence-corrected chi connectivity index (χ1v) is 6.28. The van der Waals surface area contributed by atoms with Crippen LogP contribution in [0.1, 0.15) is 12.8 Å². The van der Waals surface area contributed by atoms with E-state index in [-0.39, 0.29) is 24.8 Å². The van der Waals surface area contributed by atoms with Crippen LogP contribution in [0.5, 0.6) is 0 Å². The molecule has 1 aliphatic rings. The van der Waals surface area contributed by atoms with Gasteiger partial charge >= 0.3 is 0 Å². The predicted octanol–water partition coefficient (Wildman–Crippen LogP) is 1.31. The molecule has 0 aliphatic carbocycles. The molecule has 1 rings (SSSR count). The van der Waals surface area contributed by atoms with Crippen molar-refractivity contribution in [2.24, 2.45) is 4.36 Å². The van der Waals surface area contributed by atoms with Crippen molar-refractivity contribution in [3.63, 3.8) is 0 Å². The summed E-state index contributed by atoms with van der Waals surface area (Å²) in [5.41, 5.74) is 0. The minimum absolute atomic E-state index is 0. The number of halogens is 2. The van der Waals surface area contributed by atoms with Crippen LogP contribution in [0.25, 0.3) is 0 Å². The van der Waals surface area contributed by atoms with E-state index in [1.165, 1.54) is 0 Å². The van der Waals surface area contributed by atoms with Crippen LogP contribution in [0.3, 0.4) is 0 Å². The molecule has 0 aromatic carbocycles. The molecule has 3 nitrogen and oxygen atoms in total. The third-order valence-electron chi connectivity index (χ3n) is 1.71. The summed E-state index contributed by atoms with van der Waals surface area (Å²) in [7, 11) is -1.88. The molecule has 1 fully saturated rings. The maximum absolute atomic E-state index is 11.3. The van der Waals surface area contributed by atoms with E-state index in [0.29, 0.717) is 6.04 Å². The van der Waals surface area contributed by atoms with E-state index >= 15 is 0 Å². The van der Waals surface area contributed by atoms with Crippen LogP contribution in [-0.4, -0.2) is 35.9 Å². The highest BCUT2D eigenvalue weighted by atomic mass is 35.5. The van der Waals surface area contributed by atoms with E-state index < -0.39 is 9.73 Å². The Morgan fingerprint density at radius 3 is 2.08 bits per heavy atom. The van der Waals surface area contributed by atoms with Crippen molar-refractivity contribution in [1.29, 1.82) is 0 Å². The molecule has 1 heterocycles. The average Bonchev–Trinajstić information content (AvgIpc) is 1.85. The Balaban J connectivity index is 0. The van der Waals surface area contributed by atoms with Gasteiger partial charge in [-0.25, -0.2) is 4.36 Å². The zero-order valence-electron chi connectivity index (χ0n) is 7.99. The third-order valence-corrected chi connectivity index (χ3v) is 2.52. The summed E-state index contributed by atoms with van der Waals surface area (Å²) in [6.07, 6.45) is 5.49. The first-order valence-electron chi connectivity index (χ1n) is 3.95. The molecule has 0 unspecified atom stereocenters. The zero-order chi connectivity index (χ0) is 8.32. The lowest BCUT2D eigenvalue weighted by atomic mass is 10.1. The van der Waals surface area contributed by atoms with Crippen LogP contribution < -0.4 is 5.32 Å². The Morgan fingerprint density at radius 1 is 1.23 bits per heavy atom. The van der Waals surface area contributed by atoms with Crippen molar-refractivity contribution in [2.75, 3.05) is 25.6 Å². The quantitative estimate of drug-likeness (QED) is 0.761. The van der Waals surface area contributed by atoms with Gasteiger partial charge in [0.05, 0.1) is 6.04 Å². The molecule has 82 valence electrons. The average molecular weight is 249 g/mol. The summed E-state index contributed by atoms with van der Waals surface area (Å²) in [6, 6.07) is 0.332. The lowest BCUT2D eigenvalue weighted by Crippen LogP contribution is -2.30. The highest BCUT2D eigenvalue weighted by Gasteiger charge is 2.11. The Hall–Kier alpha value is 0.490. The zero-order valence-corrected chi connectivity index (χ0v) is 10.4. The molecule has 0 radical (unpaired) electrons. The fourth-order valence-electron chi connectivity index (χ4n) is 1.27. The largest absolute Gasteiger partial charge is 0.317 e. The van der Waals surface area contributed by atoms with Crippen molar-refractivity contribution < 1.29 is 4.21 Å². The number of hydrogen-bond acceptors (Lipinski definition) is 3. The molecule has 13 heavy (non-hydrogen) atoms. The molecule has 0 saturated carbocycles. The number of piperidine rings is 1. The minimum Gasteiger partial charge on any atom is -0.317 e. The van der Waals surface area contributed by atoms with Crippen LogP contribution in [-0.2, 0) is 9.73 Å². The van der Waals surface area contributed by atoms with E-state index in [0.717, 1.165) is 25.9 Å². The second-order valence-corrected chi connectivity index (χ2v) is 5.84. The van der Waals surface area contributed by atoms with Crippen LogP contribution >= 0.6 is 24.8 Å². The standard InChI is InChI=1S/C7H16N2OS.2ClH/c1-11(2,10)9-7-3-5-8-6-4-7;;/h7-8H,3-6H2,1-2H3;2*1H.